The Labute approximate surface area is 83.4 Å². The Morgan fingerprint density at radius 1 is 1.57 bits per heavy atom. The molecule has 0 bridgehead atoms. The number of rotatable bonds is 1. The van der Waals surface area contributed by atoms with Crippen molar-refractivity contribution in [1.82, 2.24) is 4.98 Å². The van der Waals surface area contributed by atoms with E-state index in [-0.39, 0.29) is 6.10 Å². The number of nitrogen functional groups attached to an aromatic ring is 1. The van der Waals surface area contributed by atoms with Crippen molar-refractivity contribution in [3.63, 3.8) is 0 Å². The molecule has 1 saturated heterocycles. The van der Waals surface area contributed by atoms with E-state index in [2.05, 4.69) is 9.88 Å². The number of aliphatic hydroxyl groups is 1. The van der Waals surface area contributed by atoms with Gasteiger partial charge in [0, 0.05) is 25.2 Å². The van der Waals surface area contributed by atoms with Crippen LogP contribution in [-0.2, 0) is 0 Å². The van der Waals surface area contributed by atoms with E-state index >= 15 is 0 Å². The van der Waals surface area contributed by atoms with E-state index in [0.29, 0.717) is 18.2 Å². The van der Waals surface area contributed by atoms with E-state index in [1.165, 1.54) is 0 Å². The maximum atomic E-state index is 9.62. The number of nitrogens with zero attached hydrogens (tertiary/aromatic N) is 2. The van der Waals surface area contributed by atoms with Crippen LogP contribution in [0.5, 0.6) is 0 Å². The average molecular weight is 193 g/mol. The average Bonchev–Trinajstić information content (AvgIpc) is 2.48. The summed E-state index contributed by atoms with van der Waals surface area (Å²) in [5, 5.41) is 9.62. The number of hydrogen-bond acceptors (Lipinski definition) is 4. The number of anilines is 2. The Bertz CT molecular complexity index is 319. The predicted molar refractivity (Wildman–Crippen MR) is 56.0 cm³/mol. The van der Waals surface area contributed by atoms with Crippen LogP contribution in [0.4, 0.5) is 11.4 Å². The molecule has 1 aromatic heterocycles. The fraction of sp³-hybridized carbons (Fsp3) is 0.500. The highest BCUT2D eigenvalue weighted by Gasteiger charge is 2.28. The van der Waals surface area contributed by atoms with Crippen LogP contribution in [0, 0.1) is 5.92 Å². The van der Waals surface area contributed by atoms with E-state index in [0.717, 1.165) is 12.2 Å². The Balaban J connectivity index is 2.21. The summed E-state index contributed by atoms with van der Waals surface area (Å²) in [6.45, 7) is 3.56. The highest BCUT2D eigenvalue weighted by atomic mass is 16.3. The molecule has 4 nitrogen and oxygen atoms in total. The van der Waals surface area contributed by atoms with Gasteiger partial charge in [-0.15, -0.1) is 0 Å². The topological polar surface area (TPSA) is 62.4 Å². The molecule has 0 saturated carbocycles. The molecular weight excluding hydrogens is 178 g/mol. The third-order valence-electron chi connectivity index (χ3n) is 2.74. The van der Waals surface area contributed by atoms with E-state index in [4.69, 9.17) is 5.73 Å². The molecule has 2 heterocycles. The van der Waals surface area contributed by atoms with Crippen LogP contribution in [0.2, 0.25) is 0 Å². The Morgan fingerprint density at radius 3 is 2.93 bits per heavy atom. The second-order valence-corrected chi connectivity index (χ2v) is 3.88. The normalized spacial score (nSPS) is 26.9. The molecular formula is C10H15N3O. The molecule has 14 heavy (non-hydrogen) atoms. The first-order chi connectivity index (χ1) is 6.68. The maximum absolute atomic E-state index is 9.62. The summed E-state index contributed by atoms with van der Waals surface area (Å²) in [5.41, 5.74) is 7.46. The zero-order chi connectivity index (χ0) is 10.1. The lowest BCUT2D eigenvalue weighted by molar-refractivity contribution is 0.157. The van der Waals surface area contributed by atoms with Gasteiger partial charge < -0.3 is 15.7 Å². The first kappa shape index (κ1) is 9.27. The summed E-state index contributed by atoms with van der Waals surface area (Å²) in [6.07, 6.45) is 3.12. The van der Waals surface area contributed by atoms with Gasteiger partial charge in [-0.3, -0.25) is 4.98 Å². The van der Waals surface area contributed by atoms with Crippen molar-refractivity contribution in [2.45, 2.75) is 13.0 Å². The lowest BCUT2D eigenvalue weighted by Gasteiger charge is -2.19. The van der Waals surface area contributed by atoms with Crippen molar-refractivity contribution < 1.29 is 5.11 Å². The van der Waals surface area contributed by atoms with Gasteiger partial charge in [0.2, 0.25) is 0 Å². The molecule has 0 amide bonds. The quantitative estimate of drug-likeness (QED) is 0.681. The SMILES string of the molecule is CC1CN(c2ccncc2N)CC1O. The van der Waals surface area contributed by atoms with Gasteiger partial charge in [0.25, 0.3) is 0 Å². The van der Waals surface area contributed by atoms with Crippen molar-refractivity contribution in [1.29, 1.82) is 0 Å². The molecule has 3 N–H and O–H groups in total. The molecule has 1 aromatic rings. The summed E-state index contributed by atoms with van der Waals surface area (Å²) in [6, 6.07) is 1.89. The van der Waals surface area contributed by atoms with Crippen LogP contribution in [0.3, 0.4) is 0 Å². The smallest absolute Gasteiger partial charge is 0.0757 e. The first-order valence-corrected chi connectivity index (χ1v) is 4.81. The van der Waals surface area contributed by atoms with Crippen LogP contribution in [0.1, 0.15) is 6.92 Å². The fourth-order valence-electron chi connectivity index (χ4n) is 1.83. The summed E-state index contributed by atoms with van der Waals surface area (Å²) >= 11 is 0. The zero-order valence-electron chi connectivity index (χ0n) is 8.22. The van der Waals surface area contributed by atoms with Crippen LogP contribution in [0.25, 0.3) is 0 Å². The van der Waals surface area contributed by atoms with E-state index < -0.39 is 0 Å². The summed E-state index contributed by atoms with van der Waals surface area (Å²) in [7, 11) is 0. The second-order valence-electron chi connectivity index (χ2n) is 3.88. The molecule has 0 spiro atoms. The van der Waals surface area contributed by atoms with Gasteiger partial charge in [-0.05, 0) is 6.07 Å². The highest BCUT2D eigenvalue weighted by molar-refractivity contribution is 5.66. The number of aromatic nitrogens is 1. The molecule has 1 aliphatic rings. The summed E-state index contributed by atoms with van der Waals surface area (Å²) < 4.78 is 0. The van der Waals surface area contributed by atoms with Crippen molar-refractivity contribution >= 4 is 11.4 Å². The van der Waals surface area contributed by atoms with Gasteiger partial charge in [-0.25, -0.2) is 0 Å². The third kappa shape index (κ3) is 1.53. The molecule has 4 heteroatoms. The molecule has 2 rings (SSSR count). The van der Waals surface area contributed by atoms with Crippen molar-refractivity contribution in [2.24, 2.45) is 5.92 Å². The third-order valence-corrected chi connectivity index (χ3v) is 2.74. The number of pyridine rings is 1. The summed E-state index contributed by atoms with van der Waals surface area (Å²) in [4.78, 5) is 6.04. The van der Waals surface area contributed by atoms with Crippen LogP contribution >= 0.6 is 0 Å². The second kappa shape index (κ2) is 3.46. The maximum Gasteiger partial charge on any atom is 0.0757 e. The number of nitrogens with two attached hydrogens (primary N) is 1. The molecule has 1 fully saturated rings. The minimum Gasteiger partial charge on any atom is -0.396 e. The lowest BCUT2D eigenvalue weighted by atomic mass is 10.1. The molecule has 76 valence electrons. The van der Waals surface area contributed by atoms with Crippen LogP contribution < -0.4 is 10.6 Å². The minimum atomic E-state index is -0.248. The fourth-order valence-corrected chi connectivity index (χ4v) is 1.83. The van der Waals surface area contributed by atoms with E-state index in [1.54, 1.807) is 12.4 Å². The Kier molecular flexibility index (Phi) is 2.29. The van der Waals surface area contributed by atoms with Crippen LogP contribution in [0.15, 0.2) is 18.5 Å². The predicted octanol–water partition coefficient (Wildman–Crippen LogP) is 0.481. The Morgan fingerprint density at radius 2 is 2.36 bits per heavy atom. The molecule has 1 aliphatic heterocycles. The molecule has 0 aliphatic carbocycles. The van der Waals surface area contributed by atoms with Gasteiger partial charge in [-0.2, -0.15) is 0 Å². The Hall–Kier alpha value is -1.29. The molecule has 0 aromatic carbocycles. The largest absolute Gasteiger partial charge is 0.396 e. The van der Waals surface area contributed by atoms with Gasteiger partial charge in [0.15, 0.2) is 0 Å². The number of β-amino-alcohol motifs (C(OH)–C–C–N with tert-alkyl or cyclic N) is 1. The van der Waals surface area contributed by atoms with Gasteiger partial charge in [0.05, 0.1) is 23.7 Å². The standard InChI is InChI=1S/C10H15N3O/c1-7-5-13(6-10(7)14)9-2-3-12-4-8(9)11/h2-4,7,10,14H,5-6,11H2,1H3. The molecule has 2 atom stereocenters. The zero-order valence-corrected chi connectivity index (χ0v) is 8.22. The van der Waals surface area contributed by atoms with E-state index in [9.17, 15) is 5.11 Å². The lowest BCUT2D eigenvalue weighted by Crippen LogP contribution is -2.22. The number of aliphatic hydroxyl groups excluding tert-OH is 1. The number of hydrogen-bond donors (Lipinski definition) is 2. The first-order valence-electron chi connectivity index (χ1n) is 4.81. The summed E-state index contributed by atoms with van der Waals surface area (Å²) in [5.74, 6) is 0.308. The van der Waals surface area contributed by atoms with E-state index in [1.807, 2.05) is 13.0 Å². The van der Waals surface area contributed by atoms with Crippen molar-refractivity contribution in [3.05, 3.63) is 18.5 Å². The molecule has 0 radical (unpaired) electrons. The minimum absolute atomic E-state index is 0.248. The monoisotopic (exact) mass is 193 g/mol. The molecule has 2 unspecified atom stereocenters. The highest BCUT2D eigenvalue weighted by Crippen LogP contribution is 2.27. The van der Waals surface area contributed by atoms with Gasteiger partial charge in [0.1, 0.15) is 0 Å². The van der Waals surface area contributed by atoms with Gasteiger partial charge >= 0.3 is 0 Å². The van der Waals surface area contributed by atoms with Crippen molar-refractivity contribution in [3.8, 4) is 0 Å². The van der Waals surface area contributed by atoms with Crippen LogP contribution in [-0.4, -0.2) is 29.3 Å². The van der Waals surface area contributed by atoms with Crippen molar-refractivity contribution in [2.75, 3.05) is 23.7 Å². The van der Waals surface area contributed by atoms with Gasteiger partial charge in [-0.1, -0.05) is 6.92 Å².